The lowest BCUT2D eigenvalue weighted by Gasteiger charge is -2.20. The van der Waals surface area contributed by atoms with Crippen LogP contribution in [0, 0.1) is 5.92 Å². The van der Waals surface area contributed by atoms with Crippen molar-refractivity contribution in [1.82, 2.24) is 5.32 Å². The summed E-state index contributed by atoms with van der Waals surface area (Å²) in [4.78, 5) is 23.7. The minimum Gasteiger partial charge on any atom is -0.480 e. The zero-order valence-corrected chi connectivity index (χ0v) is 13.0. The summed E-state index contributed by atoms with van der Waals surface area (Å²) in [7, 11) is 0. The topological polar surface area (TPSA) is 75.6 Å². The number of carboxylic acid groups (broad SMARTS) is 1. The summed E-state index contributed by atoms with van der Waals surface area (Å²) in [6.45, 7) is 5.16. The molecule has 5 nitrogen and oxygen atoms in total. The van der Waals surface area contributed by atoms with E-state index in [4.69, 9.17) is 4.74 Å². The molecule has 120 valence electrons. The first-order chi connectivity index (χ1) is 10.5. The molecule has 0 saturated carbocycles. The van der Waals surface area contributed by atoms with E-state index < -0.39 is 12.0 Å². The van der Waals surface area contributed by atoms with E-state index >= 15 is 0 Å². The Morgan fingerprint density at radius 2 is 2.23 bits per heavy atom. The average Bonchev–Trinajstić information content (AvgIpc) is 3.06. The highest BCUT2D eigenvalue weighted by atomic mass is 16.5. The molecular formula is C17H23NO4. The van der Waals surface area contributed by atoms with E-state index in [1.807, 2.05) is 32.0 Å². The molecule has 0 aliphatic carbocycles. The first-order valence-electron chi connectivity index (χ1n) is 7.74. The van der Waals surface area contributed by atoms with Crippen LogP contribution in [0.4, 0.5) is 0 Å². The summed E-state index contributed by atoms with van der Waals surface area (Å²) in [5, 5.41) is 11.9. The number of rotatable bonds is 6. The molecule has 0 aromatic heterocycles. The SMILES string of the molecule is CCC(C)C(NC(=O)c1cccc(C2CCOC2)c1)C(=O)O. The van der Waals surface area contributed by atoms with Crippen LogP contribution in [0.3, 0.4) is 0 Å². The van der Waals surface area contributed by atoms with E-state index in [2.05, 4.69) is 5.32 Å². The smallest absolute Gasteiger partial charge is 0.326 e. The van der Waals surface area contributed by atoms with Gasteiger partial charge in [0.05, 0.1) is 6.61 Å². The molecule has 1 heterocycles. The van der Waals surface area contributed by atoms with Crippen LogP contribution in [-0.4, -0.2) is 36.2 Å². The lowest BCUT2D eigenvalue weighted by molar-refractivity contribution is -0.140. The lowest BCUT2D eigenvalue weighted by Crippen LogP contribution is -2.45. The number of ether oxygens (including phenoxy) is 1. The van der Waals surface area contributed by atoms with Gasteiger partial charge in [-0.25, -0.2) is 4.79 Å². The van der Waals surface area contributed by atoms with Crippen LogP contribution in [0.15, 0.2) is 24.3 Å². The number of carbonyl (C=O) groups excluding carboxylic acids is 1. The molecule has 5 heteroatoms. The second-order valence-electron chi connectivity index (χ2n) is 5.86. The fourth-order valence-corrected chi connectivity index (χ4v) is 2.64. The van der Waals surface area contributed by atoms with Crippen molar-refractivity contribution < 1.29 is 19.4 Å². The predicted molar refractivity (Wildman–Crippen MR) is 83.0 cm³/mol. The molecule has 2 rings (SSSR count). The number of nitrogens with one attached hydrogen (secondary N) is 1. The minimum atomic E-state index is -0.997. The van der Waals surface area contributed by atoms with Gasteiger partial charge in [0.2, 0.25) is 0 Å². The van der Waals surface area contributed by atoms with E-state index in [1.54, 1.807) is 6.07 Å². The van der Waals surface area contributed by atoms with Crippen molar-refractivity contribution in [3.8, 4) is 0 Å². The molecule has 3 unspecified atom stereocenters. The van der Waals surface area contributed by atoms with Gasteiger partial charge in [0, 0.05) is 18.1 Å². The Morgan fingerprint density at radius 1 is 1.45 bits per heavy atom. The standard InChI is InChI=1S/C17H23NO4/c1-3-11(2)15(17(20)21)18-16(19)13-6-4-5-12(9-13)14-7-8-22-10-14/h4-6,9,11,14-15H,3,7-8,10H2,1-2H3,(H,18,19)(H,20,21). The molecule has 1 saturated heterocycles. The molecule has 0 spiro atoms. The zero-order valence-electron chi connectivity index (χ0n) is 13.0. The number of benzene rings is 1. The lowest BCUT2D eigenvalue weighted by atomic mass is 9.96. The molecule has 1 aliphatic rings. The van der Waals surface area contributed by atoms with Gasteiger partial charge in [-0.05, 0) is 30.0 Å². The van der Waals surface area contributed by atoms with Crippen LogP contribution in [0.2, 0.25) is 0 Å². The van der Waals surface area contributed by atoms with Crippen molar-refractivity contribution in [1.29, 1.82) is 0 Å². The number of amides is 1. The van der Waals surface area contributed by atoms with Gasteiger partial charge in [0.15, 0.2) is 0 Å². The van der Waals surface area contributed by atoms with Crippen molar-refractivity contribution in [3.05, 3.63) is 35.4 Å². The Morgan fingerprint density at radius 3 is 2.82 bits per heavy atom. The molecular weight excluding hydrogens is 282 g/mol. The molecule has 1 amide bonds. The van der Waals surface area contributed by atoms with Gasteiger partial charge >= 0.3 is 5.97 Å². The Bertz CT molecular complexity index is 537. The fourth-order valence-electron chi connectivity index (χ4n) is 2.64. The van der Waals surface area contributed by atoms with Gasteiger partial charge in [0.1, 0.15) is 6.04 Å². The van der Waals surface area contributed by atoms with E-state index in [9.17, 15) is 14.7 Å². The highest BCUT2D eigenvalue weighted by Gasteiger charge is 2.26. The van der Waals surface area contributed by atoms with E-state index in [0.717, 1.165) is 18.6 Å². The number of carbonyl (C=O) groups is 2. The Hall–Kier alpha value is -1.88. The third-order valence-corrected chi connectivity index (χ3v) is 4.32. The minimum absolute atomic E-state index is 0.118. The Balaban J connectivity index is 2.11. The molecule has 1 aromatic rings. The van der Waals surface area contributed by atoms with Crippen molar-refractivity contribution >= 4 is 11.9 Å². The summed E-state index contributed by atoms with van der Waals surface area (Å²) in [5.74, 6) is -1.14. The third-order valence-electron chi connectivity index (χ3n) is 4.32. The average molecular weight is 305 g/mol. The van der Waals surface area contributed by atoms with Crippen molar-refractivity contribution in [2.24, 2.45) is 5.92 Å². The van der Waals surface area contributed by atoms with Crippen LogP contribution in [0.5, 0.6) is 0 Å². The van der Waals surface area contributed by atoms with Crippen LogP contribution >= 0.6 is 0 Å². The van der Waals surface area contributed by atoms with E-state index in [1.165, 1.54) is 0 Å². The van der Waals surface area contributed by atoms with Crippen LogP contribution in [-0.2, 0) is 9.53 Å². The van der Waals surface area contributed by atoms with Gasteiger partial charge < -0.3 is 15.2 Å². The molecule has 0 radical (unpaired) electrons. The summed E-state index contributed by atoms with van der Waals surface area (Å²) >= 11 is 0. The van der Waals surface area contributed by atoms with Gasteiger partial charge in [-0.15, -0.1) is 0 Å². The van der Waals surface area contributed by atoms with Crippen LogP contribution < -0.4 is 5.32 Å². The van der Waals surface area contributed by atoms with Gasteiger partial charge in [-0.2, -0.15) is 0 Å². The highest BCUT2D eigenvalue weighted by molar-refractivity contribution is 5.96. The van der Waals surface area contributed by atoms with Crippen LogP contribution in [0.25, 0.3) is 0 Å². The number of aliphatic carboxylic acids is 1. The maximum absolute atomic E-state index is 12.3. The molecule has 1 fully saturated rings. The quantitative estimate of drug-likeness (QED) is 0.846. The third kappa shape index (κ3) is 3.85. The summed E-state index contributed by atoms with van der Waals surface area (Å²) < 4.78 is 5.38. The second-order valence-corrected chi connectivity index (χ2v) is 5.86. The summed E-state index contributed by atoms with van der Waals surface area (Å²) in [6, 6.07) is 6.51. The van der Waals surface area contributed by atoms with Gasteiger partial charge in [-0.3, -0.25) is 4.79 Å². The zero-order chi connectivity index (χ0) is 16.1. The molecule has 2 N–H and O–H groups in total. The van der Waals surface area contributed by atoms with E-state index in [-0.39, 0.29) is 11.8 Å². The highest BCUT2D eigenvalue weighted by Crippen LogP contribution is 2.25. The maximum atomic E-state index is 12.3. The van der Waals surface area contributed by atoms with Gasteiger partial charge in [-0.1, -0.05) is 32.4 Å². The number of hydrogen-bond donors (Lipinski definition) is 2. The second kappa shape index (κ2) is 7.40. The summed E-state index contributed by atoms with van der Waals surface area (Å²) in [5.41, 5.74) is 1.57. The molecule has 3 atom stereocenters. The Labute approximate surface area is 130 Å². The maximum Gasteiger partial charge on any atom is 0.326 e. The molecule has 1 aromatic carbocycles. The van der Waals surface area contributed by atoms with Crippen molar-refractivity contribution in [2.75, 3.05) is 13.2 Å². The van der Waals surface area contributed by atoms with Crippen molar-refractivity contribution in [3.63, 3.8) is 0 Å². The Kier molecular flexibility index (Phi) is 5.55. The first-order valence-corrected chi connectivity index (χ1v) is 7.74. The fraction of sp³-hybridized carbons (Fsp3) is 0.529. The largest absolute Gasteiger partial charge is 0.480 e. The first kappa shape index (κ1) is 16.5. The van der Waals surface area contributed by atoms with Gasteiger partial charge in [0.25, 0.3) is 5.91 Å². The normalized spacial score (nSPS) is 20.4. The number of carboxylic acids is 1. The molecule has 0 bridgehead atoms. The predicted octanol–water partition coefficient (Wildman–Crippen LogP) is 2.42. The number of hydrogen-bond acceptors (Lipinski definition) is 3. The van der Waals surface area contributed by atoms with Crippen LogP contribution in [0.1, 0.15) is 48.5 Å². The molecule has 1 aliphatic heterocycles. The summed E-state index contributed by atoms with van der Waals surface area (Å²) in [6.07, 6.45) is 1.65. The van der Waals surface area contributed by atoms with Crippen molar-refractivity contribution in [2.45, 2.75) is 38.6 Å². The monoisotopic (exact) mass is 305 g/mol. The molecule has 22 heavy (non-hydrogen) atoms. The van der Waals surface area contributed by atoms with E-state index in [0.29, 0.717) is 24.5 Å².